The number of hydrogen-bond acceptors (Lipinski definition) is 3. The molecule has 110 valence electrons. The molecule has 2 aromatic rings. The van der Waals surface area contributed by atoms with Crippen LogP contribution in [0.1, 0.15) is 17.2 Å². The monoisotopic (exact) mass is 292 g/mol. The summed E-state index contributed by atoms with van der Waals surface area (Å²) in [5.41, 5.74) is 0.268. The topological polar surface area (TPSA) is 38.7 Å². The zero-order valence-corrected chi connectivity index (χ0v) is 11.3. The number of halogens is 2. The number of aliphatic hydroxyl groups excluding tert-OH is 1. The van der Waals surface area contributed by atoms with Crippen molar-refractivity contribution < 1.29 is 23.4 Å². The average Bonchev–Trinajstić information content (AvgIpc) is 2.50. The minimum atomic E-state index is -1.24. The minimum absolute atomic E-state index is 0.00174. The maximum Gasteiger partial charge on any atom is 0.163 e. The molecule has 0 fully saturated rings. The van der Waals surface area contributed by atoms with Crippen molar-refractivity contribution in [3.8, 4) is 11.5 Å². The van der Waals surface area contributed by atoms with Crippen LogP contribution in [0, 0.1) is 18.6 Å². The van der Waals surface area contributed by atoms with E-state index in [1.165, 1.54) is 13.0 Å². The van der Waals surface area contributed by atoms with Crippen molar-refractivity contribution in [3.05, 3.63) is 59.2 Å². The lowest BCUT2D eigenvalue weighted by Crippen LogP contribution is -2.35. The van der Waals surface area contributed by atoms with Gasteiger partial charge in [0.2, 0.25) is 0 Å². The lowest BCUT2D eigenvalue weighted by molar-refractivity contribution is -0.0129. The van der Waals surface area contributed by atoms with Crippen LogP contribution in [0.5, 0.6) is 11.5 Å². The van der Waals surface area contributed by atoms with Gasteiger partial charge in [0.05, 0.1) is 0 Å². The first-order valence-electron chi connectivity index (χ1n) is 6.58. The van der Waals surface area contributed by atoms with Gasteiger partial charge in [0.15, 0.2) is 17.6 Å². The smallest absolute Gasteiger partial charge is 0.163 e. The van der Waals surface area contributed by atoms with Crippen LogP contribution in [0.15, 0.2) is 36.4 Å². The Hall–Kier alpha value is -2.14. The quantitative estimate of drug-likeness (QED) is 0.924. The average molecular weight is 292 g/mol. The highest BCUT2D eigenvalue weighted by atomic mass is 19.1. The summed E-state index contributed by atoms with van der Waals surface area (Å²) in [5, 5.41) is 10.3. The molecule has 0 aliphatic carbocycles. The van der Waals surface area contributed by atoms with Gasteiger partial charge in [-0.3, -0.25) is 0 Å². The first-order chi connectivity index (χ1) is 10.1. The summed E-state index contributed by atoms with van der Waals surface area (Å²) in [6.45, 7) is 1.60. The van der Waals surface area contributed by atoms with E-state index in [0.717, 1.165) is 6.07 Å². The van der Waals surface area contributed by atoms with Gasteiger partial charge in [0.25, 0.3) is 0 Å². The van der Waals surface area contributed by atoms with Crippen LogP contribution in [0.3, 0.4) is 0 Å². The third kappa shape index (κ3) is 2.56. The molecule has 0 saturated carbocycles. The van der Waals surface area contributed by atoms with Crippen LogP contribution >= 0.6 is 0 Å². The molecule has 0 saturated heterocycles. The lowest BCUT2D eigenvalue weighted by Gasteiger charge is -2.30. The van der Waals surface area contributed by atoms with E-state index in [1.54, 1.807) is 18.2 Å². The van der Waals surface area contributed by atoms with Gasteiger partial charge in [-0.1, -0.05) is 12.1 Å². The summed E-state index contributed by atoms with van der Waals surface area (Å²) in [4.78, 5) is 0. The zero-order valence-electron chi connectivity index (χ0n) is 11.3. The number of aliphatic hydroxyl groups is 1. The second kappa shape index (κ2) is 5.33. The van der Waals surface area contributed by atoms with Crippen LogP contribution in [0.2, 0.25) is 0 Å². The normalized spacial score (nSPS) is 18.4. The van der Waals surface area contributed by atoms with E-state index < -0.39 is 23.8 Å². The van der Waals surface area contributed by atoms with Crippen LogP contribution in [0.4, 0.5) is 8.78 Å². The summed E-state index contributed by atoms with van der Waals surface area (Å²) in [6, 6.07) is 9.10. The standard InChI is InChI=1S/C16H14F2O3/c1-9-6-10(12(18)7-11(9)17)16(19)15-8-20-13-4-2-3-5-14(13)21-15/h2-7,15-16,19H,8H2,1H3. The van der Waals surface area contributed by atoms with Crippen LogP contribution in [-0.4, -0.2) is 17.8 Å². The molecule has 5 heteroatoms. The van der Waals surface area contributed by atoms with Gasteiger partial charge in [0.1, 0.15) is 24.3 Å². The van der Waals surface area contributed by atoms with Crippen LogP contribution in [0.25, 0.3) is 0 Å². The molecule has 0 bridgehead atoms. The molecule has 0 radical (unpaired) electrons. The zero-order chi connectivity index (χ0) is 15.0. The first kappa shape index (κ1) is 13.8. The van der Waals surface area contributed by atoms with Gasteiger partial charge in [-0.2, -0.15) is 0 Å². The fourth-order valence-electron chi connectivity index (χ4n) is 2.30. The molecule has 1 heterocycles. The molecule has 3 nitrogen and oxygen atoms in total. The Morgan fingerprint density at radius 3 is 2.62 bits per heavy atom. The number of aryl methyl sites for hydroxylation is 1. The van der Waals surface area contributed by atoms with Crippen molar-refractivity contribution in [2.24, 2.45) is 0 Å². The number of fused-ring (bicyclic) bond motifs is 1. The summed E-state index contributed by atoms with van der Waals surface area (Å²) >= 11 is 0. The van der Waals surface area contributed by atoms with E-state index in [9.17, 15) is 13.9 Å². The molecule has 0 spiro atoms. The Kier molecular flexibility index (Phi) is 3.51. The van der Waals surface area contributed by atoms with Crippen molar-refractivity contribution in [1.29, 1.82) is 0 Å². The Labute approximate surface area is 120 Å². The van der Waals surface area contributed by atoms with Crippen molar-refractivity contribution >= 4 is 0 Å². The third-order valence-electron chi connectivity index (χ3n) is 3.48. The number of rotatable bonds is 2. The van der Waals surface area contributed by atoms with Crippen molar-refractivity contribution in [2.45, 2.75) is 19.1 Å². The molecule has 1 N–H and O–H groups in total. The fraction of sp³-hybridized carbons (Fsp3) is 0.250. The van der Waals surface area contributed by atoms with Gasteiger partial charge in [-0.25, -0.2) is 8.78 Å². The Morgan fingerprint density at radius 1 is 1.14 bits per heavy atom. The lowest BCUT2D eigenvalue weighted by atomic mass is 10.0. The summed E-state index contributed by atoms with van der Waals surface area (Å²) < 4.78 is 38.2. The molecular weight excluding hydrogens is 278 g/mol. The van der Waals surface area contributed by atoms with Gasteiger partial charge in [-0.15, -0.1) is 0 Å². The number of benzene rings is 2. The van der Waals surface area contributed by atoms with E-state index in [1.807, 2.05) is 6.07 Å². The number of para-hydroxylation sites is 2. The third-order valence-corrected chi connectivity index (χ3v) is 3.48. The molecule has 1 aliphatic heterocycles. The first-order valence-corrected chi connectivity index (χ1v) is 6.58. The van der Waals surface area contributed by atoms with Crippen molar-refractivity contribution in [3.63, 3.8) is 0 Å². The summed E-state index contributed by atoms with van der Waals surface area (Å²) in [5.74, 6) is -0.369. The molecule has 3 rings (SSSR count). The van der Waals surface area contributed by atoms with Gasteiger partial charge < -0.3 is 14.6 Å². The molecule has 2 atom stereocenters. The van der Waals surface area contributed by atoms with Crippen LogP contribution < -0.4 is 9.47 Å². The molecular formula is C16H14F2O3. The highest BCUT2D eigenvalue weighted by molar-refractivity contribution is 5.41. The molecule has 0 aromatic heterocycles. The fourth-order valence-corrected chi connectivity index (χ4v) is 2.30. The molecule has 21 heavy (non-hydrogen) atoms. The predicted molar refractivity (Wildman–Crippen MR) is 72.4 cm³/mol. The largest absolute Gasteiger partial charge is 0.486 e. The van der Waals surface area contributed by atoms with E-state index >= 15 is 0 Å². The SMILES string of the molecule is Cc1cc(C(O)C2COc3ccccc3O2)c(F)cc1F. The summed E-state index contributed by atoms with van der Waals surface area (Å²) in [7, 11) is 0. The van der Waals surface area contributed by atoms with E-state index in [0.29, 0.717) is 11.5 Å². The van der Waals surface area contributed by atoms with Gasteiger partial charge in [-0.05, 0) is 30.7 Å². The Balaban J connectivity index is 1.87. The number of hydrogen-bond donors (Lipinski definition) is 1. The molecule has 0 amide bonds. The Morgan fingerprint density at radius 2 is 1.86 bits per heavy atom. The maximum absolute atomic E-state index is 13.8. The predicted octanol–water partition coefficient (Wildman–Crippen LogP) is 3.15. The molecule has 2 aromatic carbocycles. The van der Waals surface area contributed by atoms with Crippen molar-refractivity contribution in [1.82, 2.24) is 0 Å². The number of ether oxygens (including phenoxy) is 2. The highest BCUT2D eigenvalue weighted by Crippen LogP contribution is 2.35. The van der Waals surface area contributed by atoms with E-state index in [-0.39, 0.29) is 17.7 Å². The van der Waals surface area contributed by atoms with E-state index in [4.69, 9.17) is 9.47 Å². The maximum atomic E-state index is 13.8. The van der Waals surface area contributed by atoms with Gasteiger partial charge >= 0.3 is 0 Å². The van der Waals surface area contributed by atoms with Crippen LogP contribution in [-0.2, 0) is 0 Å². The Bertz CT molecular complexity index is 673. The molecule has 2 unspecified atom stereocenters. The summed E-state index contributed by atoms with van der Waals surface area (Å²) in [6.07, 6.45) is -1.99. The highest BCUT2D eigenvalue weighted by Gasteiger charge is 2.30. The minimum Gasteiger partial charge on any atom is -0.486 e. The van der Waals surface area contributed by atoms with E-state index in [2.05, 4.69) is 0 Å². The van der Waals surface area contributed by atoms with Gasteiger partial charge in [0, 0.05) is 11.6 Å². The van der Waals surface area contributed by atoms with Crippen molar-refractivity contribution in [2.75, 3.05) is 6.61 Å². The second-order valence-corrected chi connectivity index (χ2v) is 4.98. The second-order valence-electron chi connectivity index (χ2n) is 4.98. The molecule has 1 aliphatic rings.